The molecule has 3 saturated heterocycles. The van der Waals surface area contributed by atoms with Crippen LogP contribution in [0.4, 0.5) is 9.59 Å². The molecule has 0 aromatic rings. The summed E-state index contributed by atoms with van der Waals surface area (Å²) < 4.78 is 0. The van der Waals surface area contributed by atoms with Crippen LogP contribution in [-0.2, 0) is 0 Å². The second-order valence-electron chi connectivity index (χ2n) is 8.39. The molecule has 0 spiro atoms. The lowest BCUT2D eigenvalue weighted by Crippen LogP contribution is -2.54. The third-order valence-electron chi connectivity index (χ3n) is 7.17. The SMILES string of the molecule is CCC1[C@@H](N2CCC(N3C(=O)N[C@H]4CCCC[C@@H]43)CC2)CCN1C(=O)O. The fourth-order valence-electron chi connectivity index (χ4n) is 5.92. The van der Waals surface area contributed by atoms with Gasteiger partial charge in [-0.15, -0.1) is 0 Å². The summed E-state index contributed by atoms with van der Waals surface area (Å²) in [5.41, 5.74) is 0. The fraction of sp³-hybridized carbons (Fsp3) is 0.895. The maximum Gasteiger partial charge on any atom is 0.407 e. The molecule has 3 heterocycles. The maximum atomic E-state index is 12.5. The van der Waals surface area contributed by atoms with Gasteiger partial charge in [-0.05, 0) is 38.5 Å². The minimum atomic E-state index is -0.786. The first kappa shape index (κ1) is 17.9. The number of piperidine rings is 1. The van der Waals surface area contributed by atoms with Crippen molar-refractivity contribution in [3.63, 3.8) is 0 Å². The number of fused-ring (bicyclic) bond motifs is 1. The molecule has 0 radical (unpaired) electrons. The van der Waals surface area contributed by atoms with Gasteiger partial charge in [-0.1, -0.05) is 19.8 Å². The predicted molar refractivity (Wildman–Crippen MR) is 98.2 cm³/mol. The molecule has 4 rings (SSSR count). The highest BCUT2D eigenvalue weighted by Gasteiger charge is 2.46. The molecule has 146 valence electrons. The molecule has 26 heavy (non-hydrogen) atoms. The number of carbonyl (C=O) groups excluding carboxylic acids is 1. The van der Waals surface area contributed by atoms with Crippen LogP contribution < -0.4 is 5.32 Å². The minimum absolute atomic E-state index is 0.113. The Labute approximate surface area is 155 Å². The van der Waals surface area contributed by atoms with Crippen molar-refractivity contribution >= 4 is 12.1 Å². The number of hydrogen-bond donors (Lipinski definition) is 2. The van der Waals surface area contributed by atoms with E-state index in [2.05, 4.69) is 22.0 Å². The lowest BCUT2D eigenvalue weighted by molar-refractivity contribution is 0.0662. The van der Waals surface area contributed by atoms with Crippen molar-refractivity contribution in [2.75, 3.05) is 19.6 Å². The van der Waals surface area contributed by atoms with Crippen LogP contribution in [0.3, 0.4) is 0 Å². The molecule has 4 atom stereocenters. The Balaban J connectivity index is 1.37. The topological polar surface area (TPSA) is 76.1 Å². The molecule has 3 amide bonds. The van der Waals surface area contributed by atoms with E-state index in [0.717, 1.165) is 51.6 Å². The fourth-order valence-corrected chi connectivity index (χ4v) is 5.92. The Bertz CT molecular complexity index is 549. The van der Waals surface area contributed by atoms with E-state index < -0.39 is 6.09 Å². The molecule has 0 aromatic carbocycles. The van der Waals surface area contributed by atoms with E-state index in [-0.39, 0.29) is 12.1 Å². The van der Waals surface area contributed by atoms with Crippen molar-refractivity contribution in [3.05, 3.63) is 0 Å². The average Bonchev–Trinajstić information content (AvgIpc) is 3.22. The highest BCUT2D eigenvalue weighted by molar-refractivity contribution is 5.78. The van der Waals surface area contributed by atoms with Crippen LogP contribution in [-0.4, -0.2) is 81.8 Å². The number of likely N-dealkylation sites (tertiary alicyclic amines) is 2. The Kier molecular flexibility index (Phi) is 4.99. The molecule has 1 saturated carbocycles. The Morgan fingerprint density at radius 3 is 2.50 bits per heavy atom. The molecular formula is C19H32N4O3. The molecule has 7 nitrogen and oxygen atoms in total. The Morgan fingerprint density at radius 2 is 1.81 bits per heavy atom. The van der Waals surface area contributed by atoms with Crippen LogP contribution in [0, 0.1) is 0 Å². The zero-order valence-corrected chi connectivity index (χ0v) is 15.8. The van der Waals surface area contributed by atoms with Gasteiger partial charge in [0, 0.05) is 31.7 Å². The second kappa shape index (κ2) is 7.25. The molecule has 4 fully saturated rings. The molecule has 4 aliphatic rings. The van der Waals surface area contributed by atoms with E-state index in [4.69, 9.17) is 0 Å². The number of carbonyl (C=O) groups is 2. The summed E-state index contributed by atoms with van der Waals surface area (Å²) in [6.07, 6.45) is 7.76. The van der Waals surface area contributed by atoms with E-state index in [0.29, 0.717) is 30.7 Å². The largest absolute Gasteiger partial charge is 0.465 e. The molecule has 1 aliphatic carbocycles. The smallest absolute Gasteiger partial charge is 0.407 e. The van der Waals surface area contributed by atoms with Crippen LogP contribution in [0.15, 0.2) is 0 Å². The standard InChI is InChI=1S/C19H32N4O3/c1-2-15-17(9-12-22(15)19(25)26)21-10-7-13(8-11-21)23-16-6-4-3-5-14(16)20-18(23)24/h13-17H,2-12H2,1H3,(H,20,24)(H,25,26)/t14-,15?,16-,17-/m0/s1. The van der Waals surface area contributed by atoms with E-state index >= 15 is 0 Å². The van der Waals surface area contributed by atoms with E-state index in [1.165, 1.54) is 12.8 Å². The number of amides is 3. The lowest BCUT2D eigenvalue weighted by atomic mass is 9.89. The summed E-state index contributed by atoms with van der Waals surface area (Å²) in [5.74, 6) is 0. The number of rotatable bonds is 3. The van der Waals surface area contributed by atoms with Crippen LogP contribution in [0.1, 0.15) is 58.3 Å². The summed E-state index contributed by atoms with van der Waals surface area (Å²) in [6.45, 7) is 4.68. The molecule has 3 aliphatic heterocycles. The van der Waals surface area contributed by atoms with Gasteiger partial charge in [0.05, 0.1) is 18.1 Å². The third kappa shape index (κ3) is 3.04. The van der Waals surface area contributed by atoms with Gasteiger partial charge in [0.1, 0.15) is 0 Å². The van der Waals surface area contributed by atoms with Crippen molar-refractivity contribution in [3.8, 4) is 0 Å². The summed E-state index contributed by atoms with van der Waals surface area (Å²) in [6, 6.07) is 1.69. The third-order valence-corrected chi connectivity index (χ3v) is 7.17. The molecule has 7 heteroatoms. The zero-order chi connectivity index (χ0) is 18.3. The Morgan fingerprint density at radius 1 is 1.08 bits per heavy atom. The summed E-state index contributed by atoms with van der Waals surface area (Å²) in [4.78, 5) is 30.2. The number of nitrogens with one attached hydrogen (secondary N) is 1. The highest BCUT2D eigenvalue weighted by Crippen LogP contribution is 2.34. The van der Waals surface area contributed by atoms with E-state index in [9.17, 15) is 14.7 Å². The number of urea groups is 1. The maximum absolute atomic E-state index is 12.5. The zero-order valence-electron chi connectivity index (χ0n) is 15.8. The first-order chi connectivity index (χ1) is 12.6. The highest BCUT2D eigenvalue weighted by atomic mass is 16.4. The average molecular weight is 364 g/mol. The molecule has 0 aromatic heterocycles. The molecule has 1 unspecified atom stereocenters. The summed E-state index contributed by atoms with van der Waals surface area (Å²) in [5, 5.41) is 12.6. The number of hydrogen-bond acceptors (Lipinski definition) is 3. The summed E-state index contributed by atoms with van der Waals surface area (Å²) >= 11 is 0. The van der Waals surface area contributed by atoms with Crippen molar-refractivity contribution in [1.82, 2.24) is 20.0 Å². The van der Waals surface area contributed by atoms with Crippen molar-refractivity contribution < 1.29 is 14.7 Å². The monoisotopic (exact) mass is 364 g/mol. The molecule has 2 N–H and O–H groups in total. The summed E-state index contributed by atoms with van der Waals surface area (Å²) in [7, 11) is 0. The van der Waals surface area contributed by atoms with Gasteiger partial charge in [0.25, 0.3) is 0 Å². The minimum Gasteiger partial charge on any atom is -0.465 e. The van der Waals surface area contributed by atoms with Crippen molar-refractivity contribution in [1.29, 1.82) is 0 Å². The van der Waals surface area contributed by atoms with Gasteiger partial charge in [-0.3, -0.25) is 4.90 Å². The number of carboxylic acid groups (broad SMARTS) is 1. The normalized spacial score (nSPS) is 36.3. The molecular weight excluding hydrogens is 332 g/mol. The predicted octanol–water partition coefficient (Wildman–Crippen LogP) is 2.32. The van der Waals surface area contributed by atoms with E-state index in [1.807, 2.05) is 0 Å². The van der Waals surface area contributed by atoms with Crippen LogP contribution in [0.2, 0.25) is 0 Å². The number of nitrogens with zero attached hydrogens (tertiary/aromatic N) is 3. The first-order valence-electron chi connectivity index (χ1n) is 10.4. The second-order valence-corrected chi connectivity index (χ2v) is 8.39. The first-order valence-corrected chi connectivity index (χ1v) is 10.4. The van der Waals surface area contributed by atoms with Crippen LogP contribution >= 0.6 is 0 Å². The Hall–Kier alpha value is -1.50. The van der Waals surface area contributed by atoms with Crippen molar-refractivity contribution in [2.45, 2.75) is 88.5 Å². The van der Waals surface area contributed by atoms with Gasteiger partial charge in [-0.2, -0.15) is 0 Å². The van der Waals surface area contributed by atoms with Gasteiger partial charge < -0.3 is 20.2 Å². The van der Waals surface area contributed by atoms with Crippen molar-refractivity contribution in [2.24, 2.45) is 0 Å². The van der Waals surface area contributed by atoms with Gasteiger partial charge in [-0.25, -0.2) is 9.59 Å². The van der Waals surface area contributed by atoms with Crippen LogP contribution in [0.25, 0.3) is 0 Å². The molecule has 0 bridgehead atoms. The van der Waals surface area contributed by atoms with Crippen LogP contribution in [0.5, 0.6) is 0 Å². The van der Waals surface area contributed by atoms with Gasteiger partial charge >= 0.3 is 12.1 Å². The lowest BCUT2D eigenvalue weighted by Gasteiger charge is -2.43. The quantitative estimate of drug-likeness (QED) is 0.806. The van der Waals surface area contributed by atoms with Gasteiger partial charge in [0.15, 0.2) is 0 Å². The van der Waals surface area contributed by atoms with Gasteiger partial charge in [0.2, 0.25) is 0 Å². The van der Waals surface area contributed by atoms with E-state index in [1.54, 1.807) is 4.90 Å².